The highest BCUT2D eigenvalue weighted by Gasteiger charge is 2.41. The summed E-state index contributed by atoms with van der Waals surface area (Å²) in [7, 11) is 0. The Bertz CT molecular complexity index is 623. The van der Waals surface area contributed by atoms with Gasteiger partial charge in [-0.2, -0.15) is 0 Å². The minimum atomic E-state index is -3.23. The summed E-state index contributed by atoms with van der Waals surface area (Å²) in [5.74, 6) is -4.25. The summed E-state index contributed by atoms with van der Waals surface area (Å²) >= 11 is 0. The van der Waals surface area contributed by atoms with Crippen molar-refractivity contribution in [2.45, 2.75) is 26.2 Å². The predicted molar refractivity (Wildman–Crippen MR) is 72.1 cm³/mol. The van der Waals surface area contributed by atoms with Gasteiger partial charge in [-0.05, 0) is 6.92 Å². The van der Waals surface area contributed by atoms with E-state index < -0.39 is 29.6 Å². The average Bonchev–Trinajstić information content (AvgIpc) is 2.94. The van der Waals surface area contributed by atoms with Crippen molar-refractivity contribution in [1.29, 1.82) is 0 Å². The predicted octanol–water partition coefficient (Wildman–Crippen LogP) is 4.02. The maximum Gasteiger partial charge on any atom is 0.361 e. The Hall–Kier alpha value is -2.24. The number of esters is 1. The molecule has 0 aliphatic rings. The Morgan fingerprint density at radius 2 is 1.95 bits per heavy atom. The topological polar surface area (TPSA) is 52.3 Å². The molecule has 0 fully saturated rings. The minimum absolute atomic E-state index is 0.0729. The smallest absolute Gasteiger partial charge is 0.361 e. The molecule has 4 nitrogen and oxygen atoms in total. The first-order valence-electron chi connectivity index (χ1n) is 6.61. The van der Waals surface area contributed by atoms with Crippen molar-refractivity contribution < 1.29 is 22.8 Å². The summed E-state index contributed by atoms with van der Waals surface area (Å²) in [5.41, 5.74) is -0.555. The van der Waals surface area contributed by atoms with Gasteiger partial charge in [-0.15, -0.1) is 0 Å². The number of aromatic nitrogens is 1. The van der Waals surface area contributed by atoms with Crippen molar-refractivity contribution in [3.05, 3.63) is 41.6 Å². The Kier molecular flexibility index (Phi) is 4.35. The summed E-state index contributed by atoms with van der Waals surface area (Å²) in [6.07, 6.45) is -0.472. The van der Waals surface area contributed by atoms with Gasteiger partial charge in [0.1, 0.15) is 5.56 Å². The molecular weight excluding hydrogens is 280 g/mol. The Labute approximate surface area is 120 Å². The number of hydrogen-bond donors (Lipinski definition) is 0. The van der Waals surface area contributed by atoms with E-state index in [1.165, 1.54) is 6.92 Å². The zero-order chi connectivity index (χ0) is 15.5. The largest absolute Gasteiger partial charge is 0.461 e. The normalized spacial score (nSPS) is 11.4. The monoisotopic (exact) mass is 295 g/mol. The number of carbonyl (C=O) groups excluding carboxylic acids is 1. The maximum absolute atomic E-state index is 14.2. The molecule has 0 bridgehead atoms. The molecular formula is C15H15F2NO3. The molecule has 0 saturated carbocycles. The summed E-state index contributed by atoms with van der Waals surface area (Å²) in [5, 5.41) is 3.50. The highest BCUT2D eigenvalue weighted by Crippen LogP contribution is 2.40. The Morgan fingerprint density at radius 3 is 2.52 bits per heavy atom. The van der Waals surface area contributed by atoms with E-state index >= 15 is 0 Å². The molecule has 1 aromatic carbocycles. The van der Waals surface area contributed by atoms with Crippen LogP contribution in [-0.4, -0.2) is 17.7 Å². The third-order valence-electron chi connectivity index (χ3n) is 3.01. The molecule has 1 heterocycles. The molecule has 2 rings (SSSR count). The number of halogens is 2. The van der Waals surface area contributed by atoms with Crippen molar-refractivity contribution >= 4 is 5.97 Å². The van der Waals surface area contributed by atoms with E-state index in [1.54, 1.807) is 37.3 Å². The Balaban J connectivity index is 2.60. The maximum atomic E-state index is 14.2. The molecule has 0 saturated heterocycles. The molecule has 0 N–H and O–H groups in total. The first kappa shape index (κ1) is 15.2. The number of nitrogens with zero attached hydrogens (tertiary/aromatic N) is 1. The van der Waals surface area contributed by atoms with Crippen LogP contribution in [0.4, 0.5) is 8.78 Å². The minimum Gasteiger partial charge on any atom is -0.461 e. The van der Waals surface area contributed by atoms with Gasteiger partial charge in [-0.25, -0.2) is 13.6 Å². The number of benzene rings is 1. The van der Waals surface area contributed by atoms with E-state index in [1.807, 2.05) is 0 Å². The molecule has 0 amide bonds. The molecule has 0 aliphatic carbocycles. The molecule has 2 aromatic rings. The second-order valence-electron chi connectivity index (χ2n) is 4.38. The van der Waals surface area contributed by atoms with Gasteiger partial charge in [0, 0.05) is 12.0 Å². The number of rotatable bonds is 5. The lowest BCUT2D eigenvalue weighted by atomic mass is 9.99. The molecule has 21 heavy (non-hydrogen) atoms. The van der Waals surface area contributed by atoms with Gasteiger partial charge >= 0.3 is 5.97 Å². The van der Waals surface area contributed by atoms with Crippen LogP contribution < -0.4 is 0 Å². The van der Waals surface area contributed by atoms with Crippen LogP contribution in [0.25, 0.3) is 11.3 Å². The molecule has 1 aromatic heterocycles. The summed E-state index contributed by atoms with van der Waals surface area (Å²) < 4.78 is 38.2. The standard InChI is InChI=1S/C15H15F2NO3/c1-3-15(16,17)11-12(14(19)20-4-2)18-21-13(11)10-8-6-5-7-9-10/h5-9H,3-4H2,1-2H3. The van der Waals surface area contributed by atoms with Crippen molar-refractivity contribution in [2.24, 2.45) is 0 Å². The highest BCUT2D eigenvalue weighted by atomic mass is 19.3. The van der Waals surface area contributed by atoms with Crippen molar-refractivity contribution in [2.75, 3.05) is 6.61 Å². The summed E-state index contributed by atoms with van der Waals surface area (Å²) in [4.78, 5) is 11.8. The SMILES string of the molecule is CCOC(=O)c1noc(-c2ccccc2)c1C(F)(F)CC. The molecule has 0 radical (unpaired) electrons. The zero-order valence-electron chi connectivity index (χ0n) is 11.7. The van der Waals surface area contributed by atoms with Gasteiger partial charge in [0.15, 0.2) is 5.76 Å². The fourth-order valence-corrected chi connectivity index (χ4v) is 1.93. The van der Waals surface area contributed by atoms with E-state index in [0.717, 1.165) is 0 Å². The van der Waals surface area contributed by atoms with Crippen LogP contribution >= 0.6 is 0 Å². The second kappa shape index (κ2) is 6.03. The van der Waals surface area contributed by atoms with Crippen LogP contribution in [0.15, 0.2) is 34.9 Å². The zero-order valence-corrected chi connectivity index (χ0v) is 11.7. The number of alkyl halides is 2. The number of hydrogen-bond acceptors (Lipinski definition) is 4. The molecule has 112 valence electrons. The third-order valence-corrected chi connectivity index (χ3v) is 3.01. The lowest BCUT2D eigenvalue weighted by Gasteiger charge is -2.14. The lowest BCUT2D eigenvalue weighted by Crippen LogP contribution is -2.18. The molecule has 0 atom stereocenters. The average molecular weight is 295 g/mol. The molecule has 0 unspecified atom stereocenters. The van der Waals surface area contributed by atoms with E-state index in [2.05, 4.69) is 5.16 Å². The second-order valence-corrected chi connectivity index (χ2v) is 4.38. The first-order valence-corrected chi connectivity index (χ1v) is 6.61. The lowest BCUT2D eigenvalue weighted by molar-refractivity contribution is -0.00983. The Morgan fingerprint density at radius 1 is 1.29 bits per heavy atom. The first-order chi connectivity index (χ1) is 10.0. The van der Waals surface area contributed by atoms with Crippen LogP contribution in [-0.2, 0) is 10.7 Å². The molecule has 0 aliphatic heterocycles. The van der Waals surface area contributed by atoms with Crippen molar-refractivity contribution in [3.63, 3.8) is 0 Å². The third kappa shape index (κ3) is 2.94. The van der Waals surface area contributed by atoms with Crippen molar-refractivity contribution in [1.82, 2.24) is 5.16 Å². The highest BCUT2D eigenvalue weighted by molar-refractivity contribution is 5.91. The van der Waals surface area contributed by atoms with E-state index in [-0.39, 0.29) is 12.4 Å². The van der Waals surface area contributed by atoms with E-state index in [9.17, 15) is 13.6 Å². The van der Waals surface area contributed by atoms with Crippen LogP contribution in [0.5, 0.6) is 0 Å². The fourth-order valence-electron chi connectivity index (χ4n) is 1.93. The van der Waals surface area contributed by atoms with E-state index in [4.69, 9.17) is 9.26 Å². The number of carbonyl (C=O) groups is 1. The summed E-state index contributed by atoms with van der Waals surface area (Å²) in [6, 6.07) is 8.37. The van der Waals surface area contributed by atoms with Gasteiger partial charge in [-0.3, -0.25) is 0 Å². The van der Waals surface area contributed by atoms with Crippen LogP contribution in [0.1, 0.15) is 36.3 Å². The van der Waals surface area contributed by atoms with Gasteiger partial charge in [0.05, 0.1) is 6.61 Å². The van der Waals surface area contributed by atoms with Crippen molar-refractivity contribution in [3.8, 4) is 11.3 Å². The van der Waals surface area contributed by atoms with Gasteiger partial charge in [0.25, 0.3) is 5.92 Å². The fraction of sp³-hybridized carbons (Fsp3) is 0.333. The van der Waals surface area contributed by atoms with Gasteiger partial charge in [0.2, 0.25) is 5.69 Å². The van der Waals surface area contributed by atoms with Crippen LogP contribution in [0.3, 0.4) is 0 Å². The van der Waals surface area contributed by atoms with Gasteiger partial charge < -0.3 is 9.26 Å². The molecule has 0 spiro atoms. The van der Waals surface area contributed by atoms with Crippen LogP contribution in [0, 0.1) is 0 Å². The van der Waals surface area contributed by atoms with Gasteiger partial charge in [-0.1, -0.05) is 42.4 Å². The summed E-state index contributed by atoms with van der Waals surface area (Å²) in [6.45, 7) is 2.99. The van der Waals surface area contributed by atoms with E-state index in [0.29, 0.717) is 5.56 Å². The van der Waals surface area contributed by atoms with Crippen LogP contribution in [0.2, 0.25) is 0 Å². The quantitative estimate of drug-likeness (QED) is 0.782. The molecule has 6 heteroatoms. The number of ether oxygens (including phenoxy) is 1.